The smallest absolute Gasteiger partial charge is 0.331 e. The number of amides is 1. The van der Waals surface area contributed by atoms with Crippen LogP contribution in [-0.4, -0.2) is 34.0 Å². The Hall–Kier alpha value is -3.89. The summed E-state index contributed by atoms with van der Waals surface area (Å²) in [6, 6.07) is 16.5. The third kappa shape index (κ3) is 7.61. The first-order valence-electron chi connectivity index (χ1n) is 10.2. The summed E-state index contributed by atoms with van der Waals surface area (Å²) >= 11 is 0. The molecule has 0 atom stereocenters. The fourth-order valence-corrected chi connectivity index (χ4v) is 3.76. The predicted octanol–water partition coefficient (Wildman–Crippen LogP) is 2.64. The van der Waals surface area contributed by atoms with Crippen molar-refractivity contribution in [2.45, 2.75) is 18.0 Å². The van der Waals surface area contributed by atoms with Gasteiger partial charge in [0.25, 0.3) is 5.91 Å². The van der Waals surface area contributed by atoms with Crippen LogP contribution in [0.5, 0.6) is 5.75 Å². The van der Waals surface area contributed by atoms with Gasteiger partial charge in [0.05, 0.1) is 24.8 Å². The Morgan fingerprint density at radius 2 is 1.74 bits per heavy atom. The van der Waals surface area contributed by atoms with Gasteiger partial charge >= 0.3 is 5.97 Å². The molecule has 0 saturated heterocycles. The minimum absolute atomic E-state index is 0.0382. The Balaban J connectivity index is 1.42. The molecule has 9 nitrogen and oxygen atoms in total. The Morgan fingerprint density at radius 3 is 2.38 bits per heavy atom. The van der Waals surface area contributed by atoms with E-state index in [1.54, 1.807) is 43.5 Å². The lowest BCUT2D eigenvalue weighted by Crippen LogP contribution is -2.28. The van der Waals surface area contributed by atoms with Crippen molar-refractivity contribution >= 4 is 28.0 Å². The fraction of sp³-hybridized carbons (Fsp3) is 0.167. The van der Waals surface area contributed by atoms with Crippen LogP contribution in [0.3, 0.4) is 0 Å². The van der Waals surface area contributed by atoms with Crippen molar-refractivity contribution in [2.24, 2.45) is 0 Å². The maximum atomic E-state index is 12.3. The number of carbonyl (C=O) groups excluding carboxylic acids is 2. The number of furan rings is 1. The Bertz CT molecular complexity index is 1220. The van der Waals surface area contributed by atoms with Gasteiger partial charge in [0, 0.05) is 12.6 Å². The molecule has 0 aliphatic carbocycles. The maximum absolute atomic E-state index is 12.3. The monoisotopic (exact) mass is 484 g/mol. The molecule has 10 heteroatoms. The minimum atomic E-state index is -3.71. The van der Waals surface area contributed by atoms with Crippen LogP contribution < -0.4 is 14.8 Å². The molecule has 2 aromatic carbocycles. The molecule has 1 aromatic heterocycles. The van der Waals surface area contributed by atoms with Gasteiger partial charge in [-0.15, -0.1) is 0 Å². The number of nitrogens with one attached hydrogen (secondary N) is 2. The van der Waals surface area contributed by atoms with Gasteiger partial charge < -0.3 is 19.2 Å². The van der Waals surface area contributed by atoms with Gasteiger partial charge in [-0.2, -0.15) is 0 Å². The molecule has 0 unspecified atom stereocenters. The van der Waals surface area contributed by atoms with Gasteiger partial charge in [0.1, 0.15) is 11.5 Å². The number of sulfonamides is 1. The first-order chi connectivity index (χ1) is 16.4. The number of benzene rings is 2. The first kappa shape index (κ1) is 24.7. The summed E-state index contributed by atoms with van der Waals surface area (Å²) in [4.78, 5) is 23.8. The van der Waals surface area contributed by atoms with Crippen molar-refractivity contribution in [3.63, 3.8) is 0 Å². The number of rotatable bonds is 11. The van der Waals surface area contributed by atoms with Gasteiger partial charge in [0.15, 0.2) is 6.61 Å². The van der Waals surface area contributed by atoms with Gasteiger partial charge in [-0.1, -0.05) is 24.3 Å². The Kier molecular flexibility index (Phi) is 8.60. The van der Waals surface area contributed by atoms with E-state index < -0.39 is 28.5 Å². The van der Waals surface area contributed by atoms with E-state index in [1.807, 2.05) is 12.1 Å². The molecule has 1 amide bonds. The topological polar surface area (TPSA) is 124 Å². The predicted molar refractivity (Wildman–Crippen MR) is 124 cm³/mol. The fourth-order valence-electron chi connectivity index (χ4n) is 2.76. The van der Waals surface area contributed by atoms with E-state index in [0.717, 1.165) is 11.6 Å². The molecule has 2 N–H and O–H groups in total. The van der Waals surface area contributed by atoms with Gasteiger partial charge in [-0.25, -0.2) is 17.9 Å². The van der Waals surface area contributed by atoms with Crippen molar-refractivity contribution in [1.82, 2.24) is 10.0 Å². The number of hydrogen-bond acceptors (Lipinski definition) is 7. The van der Waals surface area contributed by atoms with Gasteiger partial charge in [0.2, 0.25) is 10.0 Å². The zero-order valence-corrected chi connectivity index (χ0v) is 19.2. The average Bonchev–Trinajstić information content (AvgIpc) is 3.38. The normalized spacial score (nSPS) is 11.3. The molecular formula is C24H24N2O7S. The van der Waals surface area contributed by atoms with Crippen LogP contribution in [0.15, 0.2) is 82.3 Å². The van der Waals surface area contributed by atoms with Gasteiger partial charge in [-0.05, 0) is 53.6 Å². The molecule has 0 saturated carbocycles. The van der Waals surface area contributed by atoms with Crippen molar-refractivity contribution in [3.05, 3.63) is 89.9 Å². The molecule has 1 heterocycles. The second kappa shape index (κ2) is 11.8. The number of ether oxygens (including phenoxy) is 2. The summed E-state index contributed by atoms with van der Waals surface area (Å²) in [6.07, 6.45) is 4.09. The number of esters is 1. The molecule has 0 fully saturated rings. The second-order valence-electron chi connectivity index (χ2n) is 7.04. The highest BCUT2D eigenvalue weighted by molar-refractivity contribution is 7.89. The highest BCUT2D eigenvalue weighted by Gasteiger charge is 2.14. The summed E-state index contributed by atoms with van der Waals surface area (Å²) in [7, 11) is -2.14. The summed E-state index contributed by atoms with van der Waals surface area (Å²) in [5.74, 6) is 0.0791. The van der Waals surface area contributed by atoms with Crippen molar-refractivity contribution in [1.29, 1.82) is 0 Å². The van der Waals surface area contributed by atoms with Crippen molar-refractivity contribution in [2.75, 3.05) is 13.7 Å². The molecule has 3 aromatic rings. The lowest BCUT2D eigenvalue weighted by Gasteiger charge is -2.06. The van der Waals surface area contributed by atoms with Crippen LogP contribution in [0.2, 0.25) is 0 Å². The van der Waals surface area contributed by atoms with E-state index in [2.05, 4.69) is 10.0 Å². The lowest BCUT2D eigenvalue weighted by atomic mass is 10.2. The molecule has 0 aliphatic rings. The standard InChI is InChI=1S/C24H24N2O7S/c1-31-20-9-4-19(5-10-20)15-25-23(27)17-33-24(28)13-8-18-6-11-22(12-7-18)34(29,30)26-16-21-3-2-14-32-21/h2-14,26H,15-17H2,1H3,(H,25,27)/b13-8+. The Morgan fingerprint density at radius 1 is 1.00 bits per heavy atom. The SMILES string of the molecule is COc1ccc(CNC(=O)COC(=O)/C=C/c2ccc(S(=O)(=O)NCc3ccco3)cc2)cc1. The van der Waals surface area contributed by atoms with Crippen LogP contribution in [0, 0.1) is 0 Å². The maximum Gasteiger partial charge on any atom is 0.331 e. The van der Waals surface area contributed by atoms with Crippen LogP contribution >= 0.6 is 0 Å². The number of hydrogen-bond donors (Lipinski definition) is 2. The third-order valence-electron chi connectivity index (χ3n) is 4.61. The summed E-state index contributed by atoms with van der Waals surface area (Å²) < 4.78 is 42.2. The van der Waals surface area contributed by atoms with Gasteiger partial charge in [-0.3, -0.25) is 4.79 Å². The molecule has 3 rings (SSSR count). The highest BCUT2D eigenvalue weighted by atomic mass is 32.2. The zero-order chi connectivity index (χ0) is 24.4. The van der Waals surface area contributed by atoms with Crippen LogP contribution in [0.1, 0.15) is 16.9 Å². The summed E-state index contributed by atoms with van der Waals surface area (Å²) in [5, 5.41) is 2.66. The number of methoxy groups -OCH3 is 1. The van der Waals surface area contributed by atoms with E-state index in [4.69, 9.17) is 13.9 Å². The minimum Gasteiger partial charge on any atom is -0.497 e. The van der Waals surface area contributed by atoms with E-state index in [9.17, 15) is 18.0 Å². The first-order valence-corrected chi connectivity index (χ1v) is 11.7. The quantitative estimate of drug-likeness (QED) is 0.317. The van der Waals surface area contributed by atoms with E-state index >= 15 is 0 Å². The largest absolute Gasteiger partial charge is 0.497 e. The van der Waals surface area contributed by atoms with E-state index in [1.165, 1.54) is 24.5 Å². The summed E-state index contributed by atoms with van der Waals surface area (Å²) in [6.45, 7) is -0.0871. The zero-order valence-electron chi connectivity index (χ0n) is 18.4. The average molecular weight is 485 g/mol. The van der Waals surface area contributed by atoms with E-state index in [-0.39, 0.29) is 11.4 Å². The van der Waals surface area contributed by atoms with E-state index in [0.29, 0.717) is 23.6 Å². The summed E-state index contributed by atoms with van der Waals surface area (Å²) in [5.41, 5.74) is 1.47. The molecule has 0 aliphatic heterocycles. The third-order valence-corrected chi connectivity index (χ3v) is 6.03. The second-order valence-corrected chi connectivity index (χ2v) is 8.81. The molecule has 34 heavy (non-hydrogen) atoms. The molecular weight excluding hydrogens is 460 g/mol. The Labute approximate surface area is 197 Å². The number of carbonyl (C=O) groups is 2. The molecule has 0 radical (unpaired) electrons. The van der Waals surface area contributed by atoms with Crippen LogP contribution in [0.25, 0.3) is 6.08 Å². The van der Waals surface area contributed by atoms with Crippen LogP contribution in [-0.2, 0) is 37.4 Å². The lowest BCUT2D eigenvalue weighted by molar-refractivity contribution is -0.143. The van der Waals surface area contributed by atoms with Crippen molar-refractivity contribution in [3.8, 4) is 5.75 Å². The molecule has 0 spiro atoms. The molecule has 0 bridgehead atoms. The van der Waals surface area contributed by atoms with Crippen LogP contribution in [0.4, 0.5) is 0 Å². The van der Waals surface area contributed by atoms with Crippen molar-refractivity contribution < 1.29 is 31.9 Å². The molecule has 178 valence electrons. The highest BCUT2D eigenvalue weighted by Crippen LogP contribution is 2.13.